The van der Waals surface area contributed by atoms with Crippen molar-refractivity contribution in [3.63, 3.8) is 0 Å². The van der Waals surface area contributed by atoms with Gasteiger partial charge in [0.25, 0.3) is 5.91 Å². The van der Waals surface area contributed by atoms with E-state index in [0.717, 1.165) is 5.69 Å². The van der Waals surface area contributed by atoms with Gasteiger partial charge >= 0.3 is 0 Å². The highest BCUT2D eigenvalue weighted by Gasteiger charge is 2.05. The van der Waals surface area contributed by atoms with Crippen molar-refractivity contribution in [3.8, 4) is 0 Å². The number of hydrogen-bond donors (Lipinski definition) is 2. The molecule has 0 aliphatic heterocycles. The SMILES string of the molecule is Nc1nc(CNC(=O)c2cccnc2)cs1. The van der Waals surface area contributed by atoms with Crippen LogP contribution in [0.4, 0.5) is 5.13 Å². The van der Waals surface area contributed by atoms with E-state index in [9.17, 15) is 4.79 Å². The Hall–Kier alpha value is -1.95. The number of amides is 1. The van der Waals surface area contributed by atoms with E-state index in [1.165, 1.54) is 17.5 Å². The Morgan fingerprint density at radius 1 is 1.56 bits per heavy atom. The zero-order valence-corrected chi connectivity index (χ0v) is 9.20. The quantitative estimate of drug-likeness (QED) is 0.831. The number of carbonyl (C=O) groups excluding carboxylic acids is 1. The summed E-state index contributed by atoms with van der Waals surface area (Å²) in [5, 5.41) is 5.06. The van der Waals surface area contributed by atoms with Gasteiger partial charge in [-0.1, -0.05) is 0 Å². The predicted molar refractivity (Wildman–Crippen MR) is 61.9 cm³/mol. The van der Waals surface area contributed by atoms with Crippen LogP contribution in [0.2, 0.25) is 0 Å². The number of thiazole rings is 1. The fraction of sp³-hybridized carbons (Fsp3) is 0.100. The van der Waals surface area contributed by atoms with Gasteiger partial charge in [-0.25, -0.2) is 4.98 Å². The maximum atomic E-state index is 11.6. The first-order chi connectivity index (χ1) is 7.75. The molecule has 2 aromatic rings. The number of aromatic nitrogens is 2. The topological polar surface area (TPSA) is 80.9 Å². The Morgan fingerprint density at radius 3 is 3.06 bits per heavy atom. The summed E-state index contributed by atoms with van der Waals surface area (Å²) >= 11 is 1.35. The number of nitrogen functional groups attached to an aromatic ring is 1. The second-order valence-corrected chi connectivity index (χ2v) is 3.99. The van der Waals surface area contributed by atoms with Crippen LogP contribution in [0.15, 0.2) is 29.9 Å². The van der Waals surface area contributed by atoms with Crippen LogP contribution in [0.1, 0.15) is 16.1 Å². The monoisotopic (exact) mass is 234 g/mol. The van der Waals surface area contributed by atoms with Gasteiger partial charge in [0.05, 0.1) is 17.8 Å². The zero-order chi connectivity index (χ0) is 11.4. The van der Waals surface area contributed by atoms with Crippen LogP contribution < -0.4 is 11.1 Å². The van der Waals surface area contributed by atoms with Gasteiger partial charge in [0.1, 0.15) is 0 Å². The maximum absolute atomic E-state index is 11.6. The lowest BCUT2D eigenvalue weighted by atomic mass is 10.2. The summed E-state index contributed by atoms with van der Waals surface area (Å²) in [5.74, 6) is -0.167. The molecule has 1 amide bonds. The Morgan fingerprint density at radius 2 is 2.44 bits per heavy atom. The number of hydrogen-bond acceptors (Lipinski definition) is 5. The highest BCUT2D eigenvalue weighted by molar-refractivity contribution is 7.13. The van der Waals surface area contributed by atoms with Crippen molar-refractivity contribution in [3.05, 3.63) is 41.2 Å². The fourth-order valence-electron chi connectivity index (χ4n) is 1.17. The lowest BCUT2D eigenvalue weighted by Gasteiger charge is -2.01. The minimum atomic E-state index is -0.167. The molecular formula is C10H10N4OS. The van der Waals surface area contributed by atoms with Crippen LogP contribution in [0.25, 0.3) is 0 Å². The minimum Gasteiger partial charge on any atom is -0.375 e. The number of nitrogens with one attached hydrogen (secondary N) is 1. The van der Waals surface area contributed by atoms with Crippen molar-refractivity contribution in [1.82, 2.24) is 15.3 Å². The molecule has 2 rings (SSSR count). The van der Waals surface area contributed by atoms with E-state index in [1.54, 1.807) is 18.3 Å². The first-order valence-corrected chi connectivity index (χ1v) is 5.52. The molecule has 0 saturated carbocycles. The number of nitrogens with two attached hydrogens (primary N) is 1. The summed E-state index contributed by atoms with van der Waals surface area (Å²) in [5.41, 5.74) is 6.78. The molecule has 82 valence electrons. The van der Waals surface area contributed by atoms with E-state index in [0.29, 0.717) is 17.2 Å². The van der Waals surface area contributed by atoms with E-state index < -0.39 is 0 Å². The summed E-state index contributed by atoms with van der Waals surface area (Å²) in [6, 6.07) is 3.42. The summed E-state index contributed by atoms with van der Waals surface area (Å²) in [6.45, 7) is 0.376. The molecule has 0 aliphatic rings. The molecule has 0 spiro atoms. The van der Waals surface area contributed by atoms with Gasteiger partial charge < -0.3 is 11.1 Å². The van der Waals surface area contributed by atoms with Crippen molar-refractivity contribution in [1.29, 1.82) is 0 Å². The molecule has 6 heteroatoms. The lowest BCUT2D eigenvalue weighted by Crippen LogP contribution is -2.22. The molecule has 0 radical (unpaired) electrons. The van der Waals surface area contributed by atoms with E-state index in [1.807, 2.05) is 5.38 Å². The van der Waals surface area contributed by atoms with Crippen molar-refractivity contribution in [2.24, 2.45) is 0 Å². The second-order valence-electron chi connectivity index (χ2n) is 3.10. The summed E-state index contributed by atoms with van der Waals surface area (Å²) in [6.07, 6.45) is 3.14. The van der Waals surface area contributed by atoms with Crippen molar-refractivity contribution >= 4 is 22.4 Å². The predicted octanol–water partition coefficient (Wildman–Crippen LogP) is 1.05. The van der Waals surface area contributed by atoms with Crippen LogP contribution in [0.5, 0.6) is 0 Å². The molecular weight excluding hydrogens is 224 g/mol. The minimum absolute atomic E-state index is 0.167. The molecule has 3 N–H and O–H groups in total. The number of anilines is 1. The first-order valence-electron chi connectivity index (χ1n) is 4.64. The molecule has 0 bridgehead atoms. The van der Waals surface area contributed by atoms with Crippen LogP contribution in [-0.2, 0) is 6.54 Å². The molecule has 0 saturated heterocycles. The summed E-state index contributed by atoms with van der Waals surface area (Å²) in [7, 11) is 0. The molecule has 0 atom stereocenters. The van der Waals surface area contributed by atoms with E-state index in [-0.39, 0.29) is 5.91 Å². The van der Waals surface area contributed by atoms with Crippen LogP contribution in [0, 0.1) is 0 Å². The molecule has 2 aromatic heterocycles. The fourth-order valence-corrected chi connectivity index (χ4v) is 1.74. The highest BCUT2D eigenvalue weighted by atomic mass is 32.1. The summed E-state index contributed by atoms with van der Waals surface area (Å²) < 4.78 is 0. The average Bonchev–Trinajstić information content (AvgIpc) is 2.73. The molecule has 2 heterocycles. The molecule has 5 nitrogen and oxygen atoms in total. The highest BCUT2D eigenvalue weighted by Crippen LogP contribution is 2.10. The largest absolute Gasteiger partial charge is 0.375 e. The van der Waals surface area contributed by atoms with Crippen LogP contribution in [0.3, 0.4) is 0 Å². The van der Waals surface area contributed by atoms with Crippen LogP contribution >= 0.6 is 11.3 Å². The van der Waals surface area contributed by atoms with Crippen molar-refractivity contribution < 1.29 is 4.79 Å². The molecule has 0 fully saturated rings. The van der Waals surface area contributed by atoms with Gasteiger partial charge in [0, 0.05) is 17.8 Å². The lowest BCUT2D eigenvalue weighted by molar-refractivity contribution is 0.0950. The van der Waals surface area contributed by atoms with Crippen molar-refractivity contribution in [2.45, 2.75) is 6.54 Å². The van der Waals surface area contributed by atoms with Gasteiger partial charge in [-0.15, -0.1) is 11.3 Å². The Balaban J connectivity index is 1.94. The smallest absolute Gasteiger partial charge is 0.253 e. The Kier molecular flexibility index (Phi) is 3.11. The molecule has 0 aromatic carbocycles. The van der Waals surface area contributed by atoms with Crippen LogP contribution in [-0.4, -0.2) is 15.9 Å². The zero-order valence-electron chi connectivity index (χ0n) is 8.38. The molecule has 16 heavy (non-hydrogen) atoms. The average molecular weight is 234 g/mol. The van der Waals surface area contributed by atoms with Gasteiger partial charge in [0.15, 0.2) is 5.13 Å². The van der Waals surface area contributed by atoms with Gasteiger partial charge in [-0.3, -0.25) is 9.78 Å². The Labute approximate surface area is 96.3 Å². The standard InChI is InChI=1S/C10H10N4OS/c11-10-14-8(6-16-10)5-13-9(15)7-2-1-3-12-4-7/h1-4,6H,5H2,(H2,11,14)(H,13,15). The maximum Gasteiger partial charge on any atom is 0.253 e. The Bertz CT molecular complexity index is 483. The second kappa shape index (κ2) is 4.71. The third-order valence-electron chi connectivity index (χ3n) is 1.92. The van der Waals surface area contributed by atoms with E-state index in [4.69, 9.17) is 5.73 Å². The van der Waals surface area contributed by atoms with Gasteiger partial charge in [-0.2, -0.15) is 0 Å². The molecule has 0 unspecified atom stereocenters. The number of carbonyl (C=O) groups is 1. The van der Waals surface area contributed by atoms with E-state index >= 15 is 0 Å². The normalized spacial score (nSPS) is 10.0. The van der Waals surface area contributed by atoms with Crippen molar-refractivity contribution in [2.75, 3.05) is 5.73 Å². The summed E-state index contributed by atoms with van der Waals surface area (Å²) in [4.78, 5) is 19.5. The van der Waals surface area contributed by atoms with E-state index in [2.05, 4.69) is 15.3 Å². The number of pyridine rings is 1. The number of nitrogens with zero attached hydrogens (tertiary/aromatic N) is 2. The third-order valence-corrected chi connectivity index (χ3v) is 2.65. The number of rotatable bonds is 3. The van der Waals surface area contributed by atoms with Gasteiger partial charge in [-0.05, 0) is 12.1 Å². The van der Waals surface area contributed by atoms with Gasteiger partial charge in [0.2, 0.25) is 0 Å². The third kappa shape index (κ3) is 2.54. The first kappa shape index (κ1) is 10.6. The molecule has 0 aliphatic carbocycles.